The smallest absolute Gasteiger partial charge is 0.217 e. The predicted molar refractivity (Wildman–Crippen MR) is 276 cm³/mol. The molecule has 0 aromatic rings. The van der Waals surface area contributed by atoms with E-state index in [4.69, 9.17) is 71.1 Å². The van der Waals surface area contributed by atoms with Crippen LogP contribution in [0.1, 0.15) is 6.92 Å². The monoisotopic (exact) mass is 1360 g/mol. The van der Waals surface area contributed by atoms with E-state index < -0.39 is 304 Å². The van der Waals surface area contributed by atoms with E-state index in [2.05, 4.69) is 5.32 Å². The largest absolute Gasteiger partial charge is 0.394 e. The molecular weight excluding hydrogens is 1270 g/mol. The van der Waals surface area contributed by atoms with Gasteiger partial charge in [0.05, 0.1) is 52.9 Å². The van der Waals surface area contributed by atoms with E-state index in [0.717, 1.165) is 6.92 Å². The van der Waals surface area contributed by atoms with Crippen molar-refractivity contribution < 1.29 is 204 Å². The van der Waals surface area contributed by atoms with Crippen molar-refractivity contribution >= 4 is 5.91 Å². The van der Waals surface area contributed by atoms with Crippen molar-refractivity contribution in [1.29, 1.82) is 0 Å². The number of ether oxygens (including phenoxy) is 15. The molecule has 8 aliphatic heterocycles. The lowest BCUT2D eigenvalue weighted by molar-refractivity contribution is -0.400. The van der Waals surface area contributed by atoms with Crippen LogP contribution in [0.3, 0.4) is 0 Å². The summed E-state index contributed by atoms with van der Waals surface area (Å²) in [5.41, 5.74) is 0. The maximum Gasteiger partial charge on any atom is 0.217 e. The van der Waals surface area contributed by atoms with Gasteiger partial charge in [-0.3, -0.25) is 4.79 Å². The highest BCUT2D eigenvalue weighted by molar-refractivity contribution is 5.73. The van der Waals surface area contributed by atoms with Gasteiger partial charge in [0, 0.05) is 6.92 Å². The summed E-state index contributed by atoms with van der Waals surface area (Å²) in [5, 5.41) is 273. The van der Waals surface area contributed by atoms with E-state index in [1.54, 1.807) is 0 Å². The minimum atomic E-state index is -2.43. The van der Waals surface area contributed by atoms with E-state index in [9.17, 15) is 132 Å². The van der Waals surface area contributed by atoms with Crippen molar-refractivity contribution in [1.82, 2.24) is 5.32 Å². The van der Waals surface area contributed by atoms with Crippen LogP contribution in [-0.2, 0) is 75.8 Å². The lowest BCUT2D eigenvalue weighted by Gasteiger charge is -2.50. The lowest BCUT2D eigenvalue weighted by atomic mass is 9.95. The molecule has 42 heteroatoms. The maximum atomic E-state index is 12.2. The van der Waals surface area contributed by atoms with Crippen LogP contribution >= 0.6 is 0 Å². The molecule has 8 rings (SSSR count). The zero-order valence-electron chi connectivity index (χ0n) is 48.5. The van der Waals surface area contributed by atoms with Gasteiger partial charge >= 0.3 is 0 Å². The minimum Gasteiger partial charge on any atom is -0.394 e. The fourth-order valence-electron chi connectivity index (χ4n) is 11.6. The second-order valence-electron chi connectivity index (χ2n) is 23.2. The third kappa shape index (κ3) is 16.0. The van der Waals surface area contributed by atoms with Gasteiger partial charge in [-0.2, -0.15) is 0 Å². The molecule has 42 nitrogen and oxygen atoms in total. The maximum absolute atomic E-state index is 12.2. The summed E-state index contributed by atoms with van der Waals surface area (Å²) >= 11 is 0. The third-order valence-electron chi connectivity index (χ3n) is 17.0. The second kappa shape index (κ2) is 32.7. The summed E-state index contributed by atoms with van der Waals surface area (Å²) < 4.78 is 86.1. The Labute approximate surface area is 519 Å². The van der Waals surface area contributed by atoms with Crippen LogP contribution in [-0.4, -0.2) is 432 Å². The first-order valence-electron chi connectivity index (χ1n) is 29.2. The van der Waals surface area contributed by atoms with E-state index in [1.807, 2.05) is 0 Å². The SMILES string of the molecule is CC(=O)N[C@H]1[C@H](O)[C@@H](O[C@@H]2O[C@H](CO[C@H]3O[C@H](CO[C@@H]4O[C@@H](CO)[C@H](O)[C@@H](O)[C@H]4O)[C@@H](O)[C@H](O[C@H]4O[C@H](CO)[C@@H](O)[C@H](O)[C@@H]4O[C@H]4O[C@H](CO)[C@@H](O)[C@H](O)[C@@H]4O)[C@@H]3O)[C@@H](O)[C@H](O[C@@H]3O[C@@H](CO)[C@H](O)[C@@H](O)[C@H]3O[C@@H]3O[C@@H](CO)[C@H](O)[C@@H](O)[C@H]3O)[C@@H]2O)[C@H](CO)O[C@@H]1O. The fourth-order valence-corrected chi connectivity index (χ4v) is 11.6. The molecule has 8 saturated heterocycles. The van der Waals surface area contributed by atoms with E-state index in [0.29, 0.717) is 0 Å². The topological polar surface area (TPSA) is 673 Å². The highest BCUT2D eigenvalue weighted by Crippen LogP contribution is 2.38. The average Bonchev–Trinajstić information content (AvgIpc) is 0.838. The summed E-state index contributed by atoms with van der Waals surface area (Å²) in [4.78, 5) is 12.2. The van der Waals surface area contributed by atoms with Gasteiger partial charge < -0.3 is 204 Å². The molecule has 92 heavy (non-hydrogen) atoms. The van der Waals surface area contributed by atoms with Crippen LogP contribution in [0.5, 0.6) is 0 Å². The minimum absolute atomic E-state index is 0.824. The Morgan fingerprint density at radius 1 is 0.283 bits per heavy atom. The average molecular weight is 1360 g/mol. The molecule has 26 N–H and O–H groups in total. The number of nitrogens with one attached hydrogen (secondary N) is 1. The summed E-state index contributed by atoms with van der Waals surface area (Å²) in [7, 11) is 0. The number of aliphatic hydroxyl groups excluding tert-OH is 25. The molecule has 8 fully saturated rings. The Balaban J connectivity index is 1.12. The molecule has 536 valence electrons. The molecule has 0 spiro atoms. The Morgan fingerprint density at radius 2 is 0.565 bits per heavy atom. The molecule has 0 saturated carbocycles. The van der Waals surface area contributed by atoms with Crippen LogP contribution < -0.4 is 5.32 Å². The van der Waals surface area contributed by atoms with Gasteiger partial charge in [0.1, 0.15) is 195 Å². The van der Waals surface area contributed by atoms with Crippen LogP contribution in [0.15, 0.2) is 0 Å². The van der Waals surface area contributed by atoms with Gasteiger partial charge in [-0.05, 0) is 0 Å². The van der Waals surface area contributed by atoms with Crippen LogP contribution in [0.2, 0.25) is 0 Å². The summed E-state index contributed by atoms with van der Waals surface area (Å²) in [6, 6.07) is -1.72. The Morgan fingerprint density at radius 3 is 0.946 bits per heavy atom. The summed E-state index contributed by atoms with van der Waals surface area (Å²) in [6.07, 6.45) is -80.8. The lowest BCUT2D eigenvalue weighted by Crippen LogP contribution is -2.69. The van der Waals surface area contributed by atoms with Gasteiger partial charge in [0.25, 0.3) is 0 Å². The molecule has 8 aliphatic rings. The number of aliphatic hydroxyl groups is 25. The van der Waals surface area contributed by atoms with Gasteiger partial charge in [-0.1, -0.05) is 0 Å². The predicted octanol–water partition coefficient (Wildman–Crippen LogP) is -18.3. The van der Waals surface area contributed by atoms with Crippen molar-refractivity contribution in [3.63, 3.8) is 0 Å². The molecule has 40 atom stereocenters. The first-order valence-corrected chi connectivity index (χ1v) is 29.2. The molecule has 0 aromatic carbocycles. The van der Waals surface area contributed by atoms with Gasteiger partial charge in [0.15, 0.2) is 50.3 Å². The Bertz CT molecular complexity index is 2260. The molecule has 0 unspecified atom stereocenters. The van der Waals surface area contributed by atoms with E-state index in [-0.39, 0.29) is 0 Å². The number of rotatable bonds is 23. The first-order chi connectivity index (χ1) is 43.5. The molecule has 8 heterocycles. The quantitative estimate of drug-likeness (QED) is 0.0452. The molecule has 0 aromatic heterocycles. The number of carbonyl (C=O) groups is 1. The zero-order valence-corrected chi connectivity index (χ0v) is 48.5. The van der Waals surface area contributed by atoms with Crippen molar-refractivity contribution in [2.45, 2.75) is 253 Å². The first kappa shape index (κ1) is 75.6. The molecular formula is C50H85NO41. The Hall–Kier alpha value is -2.13. The fraction of sp³-hybridized carbons (Fsp3) is 0.980. The number of hydrogen-bond donors (Lipinski definition) is 26. The van der Waals surface area contributed by atoms with Crippen molar-refractivity contribution in [3.05, 3.63) is 0 Å². The van der Waals surface area contributed by atoms with Gasteiger partial charge in [0.2, 0.25) is 5.91 Å². The van der Waals surface area contributed by atoms with E-state index >= 15 is 0 Å². The van der Waals surface area contributed by atoms with Crippen molar-refractivity contribution in [3.8, 4) is 0 Å². The molecule has 0 bridgehead atoms. The molecule has 1 amide bonds. The van der Waals surface area contributed by atoms with Crippen molar-refractivity contribution in [2.24, 2.45) is 0 Å². The van der Waals surface area contributed by atoms with Gasteiger partial charge in [-0.15, -0.1) is 0 Å². The molecule has 0 aliphatic carbocycles. The highest BCUT2D eigenvalue weighted by Gasteiger charge is 2.59. The number of amides is 1. The van der Waals surface area contributed by atoms with Crippen LogP contribution in [0, 0.1) is 0 Å². The van der Waals surface area contributed by atoms with Crippen LogP contribution in [0.25, 0.3) is 0 Å². The third-order valence-corrected chi connectivity index (χ3v) is 17.0. The standard InChI is InChI=1S/C50H85NO41/c1-10(58)51-19-27(66)38(16(7-57)80-43(19)77)88-48-37(76)40(90-50-42(32(71)24(63)15(6-56)85-50)92-47-35(74)30(69)22(61)13(4-54)83-47)26(65)18(87-48)9-79-45-36(75)39(25(64)17(86-45)8-78-44-33(72)28(67)20(59)11(2-52)81-44)89-49-41(31(70)23(62)14(5-55)84-49)91-46-34(73)29(68)21(60)12(3-53)82-46/h11-50,52-57,59-77H,2-9H2,1H3,(H,51,58)/t11-,12+,13-,14+,15-,16-,17+,18+,19-,20-,21+,22-,23+,24-,25+,26+,27-,28+,29-,30+,31-,32+,33+,34-,35+,36-,37-,38-,39-,40-,41-,42+,43-,44+,45-,46+,47-,48-,49+,50-/m0/s1. The number of carbonyl (C=O) groups excluding carboxylic acids is 1. The van der Waals surface area contributed by atoms with Crippen LogP contribution in [0.4, 0.5) is 0 Å². The van der Waals surface area contributed by atoms with Crippen molar-refractivity contribution in [2.75, 3.05) is 52.9 Å². The number of hydrogen-bond acceptors (Lipinski definition) is 41. The zero-order chi connectivity index (χ0) is 67.6. The van der Waals surface area contributed by atoms with E-state index in [1.165, 1.54) is 0 Å². The normalized spacial score (nSPS) is 52.2. The Kier molecular flexibility index (Phi) is 26.9. The van der Waals surface area contributed by atoms with Gasteiger partial charge in [-0.25, -0.2) is 0 Å². The highest BCUT2D eigenvalue weighted by atomic mass is 16.8. The molecule has 0 radical (unpaired) electrons. The summed E-state index contributed by atoms with van der Waals surface area (Å²) in [6.45, 7) is -7.30. The second-order valence-corrected chi connectivity index (χ2v) is 23.2. The summed E-state index contributed by atoms with van der Waals surface area (Å²) in [5.74, 6) is -0.824.